The van der Waals surface area contributed by atoms with Gasteiger partial charge in [0.05, 0.1) is 15.6 Å². The molecule has 168 valence electrons. The zero-order chi connectivity index (χ0) is 23.0. The van der Waals surface area contributed by atoms with Gasteiger partial charge in [0, 0.05) is 43.5 Å². The fraction of sp³-hybridized carbons (Fsp3) is 0.333. The Morgan fingerprint density at radius 3 is 2.78 bits per heavy atom. The van der Waals surface area contributed by atoms with Crippen LogP contribution in [0, 0.1) is 5.82 Å². The van der Waals surface area contributed by atoms with Gasteiger partial charge in [0.2, 0.25) is 5.91 Å². The second-order valence-corrected chi connectivity index (χ2v) is 9.13. The minimum atomic E-state index is -1.02. The van der Waals surface area contributed by atoms with Crippen molar-refractivity contribution in [2.24, 2.45) is 0 Å². The van der Waals surface area contributed by atoms with E-state index in [0.717, 1.165) is 18.4 Å². The highest BCUT2D eigenvalue weighted by Gasteiger charge is 2.44. The van der Waals surface area contributed by atoms with E-state index in [4.69, 9.17) is 23.2 Å². The quantitative estimate of drug-likeness (QED) is 0.506. The van der Waals surface area contributed by atoms with E-state index in [1.165, 1.54) is 18.2 Å². The Morgan fingerprint density at radius 2 is 2.03 bits per heavy atom. The van der Waals surface area contributed by atoms with Crippen molar-refractivity contribution in [3.63, 3.8) is 0 Å². The van der Waals surface area contributed by atoms with Crippen molar-refractivity contribution >= 4 is 40.7 Å². The number of aryl methyl sites for hydroxylation is 1. The van der Waals surface area contributed by atoms with Gasteiger partial charge in [0.25, 0.3) is 5.91 Å². The Morgan fingerprint density at radius 1 is 1.25 bits per heavy atom. The molecule has 2 aliphatic rings. The zero-order valence-corrected chi connectivity index (χ0v) is 19.3. The van der Waals surface area contributed by atoms with Gasteiger partial charge >= 0.3 is 0 Å². The summed E-state index contributed by atoms with van der Waals surface area (Å²) >= 11 is 12.7. The lowest BCUT2D eigenvalue weighted by atomic mass is 9.87. The first-order chi connectivity index (χ1) is 15.3. The van der Waals surface area contributed by atoms with Crippen LogP contribution in [-0.4, -0.2) is 48.3 Å². The lowest BCUT2D eigenvalue weighted by molar-refractivity contribution is -0.125. The number of hydrogen-bond acceptors (Lipinski definition) is 3. The summed E-state index contributed by atoms with van der Waals surface area (Å²) in [4.78, 5) is 28.5. The average molecular weight is 476 g/mol. The maximum atomic E-state index is 15.1. The number of rotatable bonds is 4. The minimum Gasteiger partial charge on any atom is -0.374 e. The van der Waals surface area contributed by atoms with E-state index in [1.807, 2.05) is 12.1 Å². The average Bonchev–Trinajstić information content (AvgIpc) is 3.14. The van der Waals surface area contributed by atoms with Gasteiger partial charge < -0.3 is 15.1 Å². The van der Waals surface area contributed by atoms with E-state index < -0.39 is 11.4 Å². The highest BCUT2D eigenvalue weighted by molar-refractivity contribution is 6.42. The van der Waals surface area contributed by atoms with Crippen LogP contribution in [-0.2, 0) is 16.8 Å². The molecule has 1 fully saturated rings. The predicted octanol–water partition coefficient (Wildman–Crippen LogP) is 4.88. The summed E-state index contributed by atoms with van der Waals surface area (Å²) in [5.74, 6) is -0.798. The molecule has 2 aliphatic heterocycles. The van der Waals surface area contributed by atoms with Crippen molar-refractivity contribution in [1.82, 2.24) is 9.80 Å². The summed E-state index contributed by atoms with van der Waals surface area (Å²) < 4.78 is 15.1. The van der Waals surface area contributed by atoms with E-state index in [1.54, 1.807) is 22.9 Å². The number of nitrogens with zero attached hydrogens (tertiary/aromatic N) is 2. The van der Waals surface area contributed by atoms with Crippen molar-refractivity contribution in [2.45, 2.75) is 24.8 Å². The number of hydrogen-bond donors (Lipinski definition) is 1. The molecule has 0 aliphatic carbocycles. The highest BCUT2D eigenvalue weighted by Crippen LogP contribution is 2.43. The molecule has 1 saturated heterocycles. The van der Waals surface area contributed by atoms with Gasteiger partial charge in [-0.25, -0.2) is 4.39 Å². The Balaban J connectivity index is 1.79. The van der Waals surface area contributed by atoms with Crippen molar-refractivity contribution in [1.29, 1.82) is 0 Å². The normalized spacial score (nSPS) is 20.7. The molecule has 0 radical (unpaired) electrons. The molecule has 5 nitrogen and oxygen atoms in total. The second-order valence-electron chi connectivity index (χ2n) is 8.34. The molecule has 0 aromatic heterocycles. The number of nitrogens with one attached hydrogen (secondary N) is 1. The zero-order valence-electron chi connectivity index (χ0n) is 17.8. The number of anilines is 1. The number of amides is 2. The van der Waals surface area contributed by atoms with Crippen LogP contribution < -0.4 is 5.32 Å². The first-order valence-electron chi connectivity index (χ1n) is 10.5. The first kappa shape index (κ1) is 22.6. The molecule has 2 aromatic carbocycles. The molecule has 0 saturated carbocycles. The van der Waals surface area contributed by atoms with Crippen molar-refractivity contribution in [3.8, 4) is 0 Å². The SMILES string of the molecule is C=CC(=O)N1CC[C@@](Nc2ccc3c(c2)C(=O)N(C)CCC3)(c2c(F)ccc(Cl)c2Cl)C1. The monoisotopic (exact) mass is 475 g/mol. The molecular weight excluding hydrogens is 452 g/mol. The van der Waals surface area contributed by atoms with E-state index in [0.29, 0.717) is 30.8 Å². The number of likely N-dealkylation sites (tertiary alicyclic amines) is 1. The van der Waals surface area contributed by atoms with Gasteiger partial charge in [-0.05, 0) is 55.2 Å². The summed E-state index contributed by atoms with van der Waals surface area (Å²) in [5.41, 5.74) is 1.46. The van der Waals surface area contributed by atoms with E-state index in [2.05, 4.69) is 11.9 Å². The van der Waals surface area contributed by atoms with Gasteiger partial charge in [0.1, 0.15) is 5.82 Å². The van der Waals surface area contributed by atoms with Crippen LogP contribution in [0.4, 0.5) is 10.1 Å². The summed E-state index contributed by atoms with van der Waals surface area (Å²) in [7, 11) is 1.79. The maximum absolute atomic E-state index is 15.1. The fourth-order valence-corrected chi connectivity index (χ4v) is 5.11. The van der Waals surface area contributed by atoms with E-state index in [9.17, 15) is 9.59 Å². The third-order valence-electron chi connectivity index (χ3n) is 6.29. The molecule has 1 N–H and O–H groups in total. The Bertz CT molecular complexity index is 1110. The van der Waals surface area contributed by atoms with Gasteiger partial charge in [-0.3, -0.25) is 9.59 Å². The molecule has 0 bridgehead atoms. The lowest BCUT2D eigenvalue weighted by Gasteiger charge is -2.34. The number of halogens is 3. The van der Waals surface area contributed by atoms with Crippen LogP contribution in [0.5, 0.6) is 0 Å². The van der Waals surface area contributed by atoms with Gasteiger partial charge in [-0.2, -0.15) is 0 Å². The summed E-state index contributed by atoms with van der Waals surface area (Å²) in [5, 5.41) is 3.75. The minimum absolute atomic E-state index is 0.0444. The van der Waals surface area contributed by atoms with E-state index >= 15 is 4.39 Å². The topological polar surface area (TPSA) is 52.7 Å². The number of carbonyl (C=O) groups excluding carboxylic acids is 2. The van der Waals surface area contributed by atoms with Crippen molar-refractivity contribution in [3.05, 3.63) is 75.5 Å². The molecule has 1 atom stereocenters. The van der Waals surface area contributed by atoms with Crippen LogP contribution in [0.3, 0.4) is 0 Å². The molecule has 0 unspecified atom stereocenters. The number of carbonyl (C=O) groups is 2. The largest absolute Gasteiger partial charge is 0.374 e. The standard InChI is InChI=1S/C24H24Cl2FN3O2/c1-3-20(31)30-12-10-24(14-30,21-19(27)9-8-18(25)22(21)26)28-16-7-6-15-5-4-11-29(2)23(32)17(15)13-16/h3,6-9,13,28H,1,4-5,10-12,14H2,2H3/t24-/m0/s1. The molecule has 0 spiro atoms. The summed E-state index contributed by atoms with van der Waals surface area (Å²) in [6.45, 7) is 4.83. The molecule has 4 rings (SSSR count). The van der Waals surface area contributed by atoms with Crippen LogP contribution in [0.1, 0.15) is 34.3 Å². The Labute approximate surface area is 196 Å². The smallest absolute Gasteiger partial charge is 0.253 e. The second kappa shape index (κ2) is 8.75. The first-order valence-corrected chi connectivity index (χ1v) is 11.2. The molecular formula is C24H24Cl2FN3O2. The third kappa shape index (κ3) is 3.97. The highest BCUT2D eigenvalue weighted by atomic mass is 35.5. The fourth-order valence-electron chi connectivity index (χ4n) is 4.62. The van der Waals surface area contributed by atoms with Crippen molar-refractivity contribution < 1.29 is 14.0 Å². The summed E-state index contributed by atoms with van der Waals surface area (Å²) in [6, 6.07) is 8.30. The third-order valence-corrected chi connectivity index (χ3v) is 7.09. The number of benzene rings is 2. The molecule has 2 aromatic rings. The Hall–Kier alpha value is -2.57. The molecule has 8 heteroatoms. The van der Waals surface area contributed by atoms with Crippen LogP contribution in [0.25, 0.3) is 0 Å². The van der Waals surface area contributed by atoms with Crippen molar-refractivity contribution in [2.75, 3.05) is 32.0 Å². The van der Waals surface area contributed by atoms with Gasteiger partial charge in [-0.15, -0.1) is 0 Å². The van der Waals surface area contributed by atoms with Crippen LogP contribution in [0.2, 0.25) is 10.0 Å². The lowest BCUT2D eigenvalue weighted by Crippen LogP contribution is -2.41. The van der Waals surface area contributed by atoms with Gasteiger partial charge in [0.15, 0.2) is 0 Å². The van der Waals surface area contributed by atoms with Crippen LogP contribution >= 0.6 is 23.2 Å². The Kier molecular flexibility index (Phi) is 6.19. The van der Waals surface area contributed by atoms with Crippen LogP contribution in [0.15, 0.2) is 43.0 Å². The summed E-state index contributed by atoms with van der Waals surface area (Å²) in [6.07, 6.45) is 3.36. The van der Waals surface area contributed by atoms with Gasteiger partial charge in [-0.1, -0.05) is 35.8 Å². The molecule has 2 amide bonds. The van der Waals surface area contributed by atoms with E-state index in [-0.39, 0.29) is 34.0 Å². The maximum Gasteiger partial charge on any atom is 0.253 e. The predicted molar refractivity (Wildman–Crippen MR) is 125 cm³/mol. The molecule has 2 heterocycles. The molecule has 32 heavy (non-hydrogen) atoms. The number of fused-ring (bicyclic) bond motifs is 1.